The minimum atomic E-state index is -0.625. The summed E-state index contributed by atoms with van der Waals surface area (Å²) < 4.78 is 15.2. The van der Waals surface area contributed by atoms with Gasteiger partial charge in [-0.2, -0.15) is 0 Å². The zero-order valence-corrected chi connectivity index (χ0v) is 15.7. The van der Waals surface area contributed by atoms with Gasteiger partial charge in [0.05, 0.1) is 6.54 Å². The maximum atomic E-state index is 14.0. The number of hydrogen-bond acceptors (Lipinski definition) is 3. The molecule has 5 nitrogen and oxygen atoms in total. The van der Waals surface area contributed by atoms with Gasteiger partial charge in [-0.3, -0.25) is 14.4 Å². The Morgan fingerprint density at radius 2 is 1.86 bits per heavy atom. The predicted octanol–water partition coefficient (Wildman–Crippen LogP) is 4.14. The van der Waals surface area contributed by atoms with Crippen molar-refractivity contribution in [2.75, 3.05) is 5.32 Å². The smallest absolute Gasteiger partial charge is 0.263 e. The number of nitrogens with one attached hydrogen (secondary N) is 1. The van der Waals surface area contributed by atoms with Crippen molar-refractivity contribution < 1.29 is 14.0 Å². The van der Waals surface area contributed by atoms with Gasteiger partial charge in [0.1, 0.15) is 11.4 Å². The Labute approximate surface area is 165 Å². The molecule has 0 atom stereocenters. The number of hydrogen-bond donors (Lipinski definition) is 1. The number of pyridine rings is 1. The molecule has 0 saturated carbocycles. The molecule has 7 heteroatoms. The van der Waals surface area contributed by atoms with Crippen LogP contribution in [0.3, 0.4) is 0 Å². The molecule has 0 aliphatic carbocycles. The van der Waals surface area contributed by atoms with Gasteiger partial charge in [-0.1, -0.05) is 29.8 Å². The number of carbonyl (C=O) groups is 2. The summed E-state index contributed by atoms with van der Waals surface area (Å²) in [5.74, 6) is -1.30. The average molecular weight is 399 g/mol. The van der Waals surface area contributed by atoms with Crippen LogP contribution in [0.1, 0.15) is 33.2 Å². The zero-order chi connectivity index (χ0) is 20.3. The first-order chi connectivity index (χ1) is 13.4. The van der Waals surface area contributed by atoms with E-state index in [9.17, 15) is 18.8 Å². The highest BCUT2D eigenvalue weighted by Crippen LogP contribution is 2.19. The first-order valence-electron chi connectivity index (χ1n) is 8.41. The number of halogens is 2. The molecule has 0 bridgehead atoms. The van der Waals surface area contributed by atoms with Crippen LogP contribution >= 0.6 is 11.6 Å². The Hall–Kier alpha value is -3.25. The Bertz CT molecular complexity index is 1100. The predicted molar refractivity (Wildman–Crippen MR) is 106 cm³/mol. The normalized spacial score (nSPS) is 10.5. The third kappa shape index (κ3) is 4.18. The SMILES string of the molecule is CC(=O)c1cccc(NC(=O)c2cccn(Cc3c(F)cccc3Cl)c2=O)c1. The minimum Gasteiger partial charge on any atom is -0.322 e. The molecule has 0 saturated heterocycles. The Morgan fingerprint density at radius 3 is 2.57 bits per heavy atom. The summed E-state index contributed by atoms with van der Waals surface area (Å²) in [4.78, 5) is 36.7. The van der Waals surface area contributed by atoms with E-state index in [0.717, 1.165) is 0 Å². The van der Waals surface area contributed by atoms with Crippen LogP contribution in [0.2, 0.25) is 5.02 Å². The lowest BCUT2D eigenvalue weighted by atomic mass is 10.1. The van der Waals surface area contributed by atoms with E-state index in [2.05, 4.69) is 5.32 Å². The van der Waals surface area contributed by atoms with Gasteiger partial charge < -0.3 is 9.88 Å². The van der Waals surface area contributed by atoms with Crippen LogP contribution in [0.15, 0.2) is 65.6 Å². The molecular weight excluding hydrogens is 383 g/mol. The summed E-state index contributed by atoms with van der Waals surface area (Å²) in [7, 11) is 0. The number of anilines is 1. The Balaban J connectivity index is 1.88. The fourth-order valence-electron chi connectivity index (χ4n) is 2.70. The van der Waals surface area contributed by atoms with E-state index in [4.69, 9.17) is 11.6 Å². The summed E-state index contributed by atoms with van der Waals surface area (Å²) in [5.41, 5.74) is 0.310. The van der Waals surface area contributed by atoms with Gasteiger partial charge in [-0.25, -0.2) is 4.39 Å². The average Bonchev–Trinajstić information content (AvgIpc) is 2.66. The van der Waals surface area contributed by atoms with Gasteiger partial charge in [-0.05, 0) is 43.3 Å². The van der Waals surface area contributed by atoms with Crippen LogP contribution < -0.4 is 10.9 Å². The highest BCUT2D eigenvalue weighted by Gasteiger charge is 2.15. The van der Waals surface area contributed by atoms with Gasteiger partial charge >= 0.3 is 0 Å². The highest BCUT2D eigenvalue weighted by molar-refractivity contribution is 6.31. The molecule has 0 spiro atoms. The van der Waals surface area contributed by atoms with Crippen LogP contribution in [0.5, 0.6) is 0 Å². The van der Waals surface area contributed by atoms with Crippen LogP contribution in [0, 0.1) is 5.82 Å². The van der Waals surface area contributed by atoms with E-state index in [0.29, 0.717) is 11.3 Å². The van der Waals surface area contributed by atoms with Gasteiger partial charge in [0.2, 0.25) is 0 Å². The van der Waals surface area contributed by atoms with E-state index in [1.165, 1.54) is 54.1 Å². The molecule has 2 aromatic carbocycles. The number of amides is 1. The molecule has 3 rings (SSSR count). The van der Waals surface area contributed by atoms with Crippen LogP contribution in [0.25, 0.3) is 0 Å². The molecule has 0 unspecified atom stereocenters. The monoisotopic (exact) mass is 398 g/mol. The first kappa shape index (κ1) is 19.5. The summed E-state index contributed by atoms with van der Waals surface area (Å²) in [5, 5.41) is 2.80. The van der Waals surface area contributed by atoms with Crippen molar-refractivity contribution in [1.82, 2.24) is 4.57 Å². The number of nitrogens with zero attached hydrogens (tertiary/aromatic N) is 1. The van der Waals surface area contributed by atoms with Gasteiger partial charge in [-0.15, -0.1) is 0 Å². The second kappa shape index (κ2) is 8.19. The molecule has 1 amide bonds. The van der Waals surface area contributed by atoms with Crippen molar-refractivity contribution in [3.63, 3.8) is 0 Å². The second-order valence-electron chi connectivity index (χ2n) is 6.15. The highest BCUT2D eigenvalue weighted by atomic mass is 35.5. The molecule has 0 radical (unpaired) electrons. The van der Waals surface area contributed by atoms with Gasteiger partial charge in [0.15, 0.2) is 5.78 Å². The van der Waals surface area contributed by atoms with Crippen molar-refractivity contribution >= 4 is 29.0 Å². The van der Waals surface area contributed by atoms with Crippen molar-refractivity contribution in [1.29, 1.82) is 0 Å². The summed E-state index contributed by atoms with van der Waals surface area (Å²) >= 11 is 6.02. The van der Waals surface area contributed by atoms with E-state index >= 15 is 0 Å². The molecule has 0 aliphatic heterocycles. The van der Waals surface area contributed by atoms with Crippen molar-refractivity contribution in [2.45, 2.75) is 13.5 Å². The lowest BCUT2D eigenvalue weighted by molar-refractivity contribution is 0.101. The molecule has 1 aromatic heterocycles. The maximum Gasteiger partial charge on any atom is 0.263 e. The molecule has 1 N–H and O–H groups in total. The van der Waals surface area contributed by atoms with Crippen molar-refractivity contribution in [3.8, 4) is 0 Å². The fourth-order valence-corrected chi connectivity index (χ4v) is 2.93. The van der Waals surface area contributed by atoms with Crippen molar-refractivity contribution in [2.24, 2.45) is 0 Å². The largest absolute Gasteiger partial charge is 0.322 e. The number of carbonyl (C=O) groups excluding carboxylic acids is 2. The zero-order valence-electron chi connectivity index (χ0n) is 14.9. The van der Waals surface area contributed by atoms with E-state index in [-0.39, 0.29) is 28.5 Å². The lowest BCUT2D eigenvalue weighted by Gasteiger charge is -2.11. The topological polar surface area (TPSA) is 68.2 Å². The number of ketones is 1. The van der Waals surface area contributed by atoms with Crippen molar-refractivity contribution in [3.05, 3.63) is 98.7 Å². The molecule has 1 heterocycles. The van der Waals surface area contributed by atoms with Gasteiger partial charge in [0, 0.05) is 28.0 Å². The number of Topliss-reactive ketones (excluding diaryl/α,β-unsaturated/α-hetero) is 1. The third-order valence-electron chi connectivity index (χ3n) is 4.18. The van der Waals surface area contributed by atoms with E-state index in [1.54, 1.807) is 18.2 Å². The van der Waals surface area contributed by atoms with E-state index < -0.39 is 17.3 Å². The van der Waals surface area contributed by atoms with Crippen LogP contribution in [-0.4, -0.2) is 16.3 Å². The van der Waals surface area contributed by atoms with Gasteiger partial charge in [0.25, 0.3) is 11.5 Å². The first-order valence-corrected chi connectivity index (χ1v) is 8.79. The Kier molecular flexibility index (Phi) is 5.70. The summed E-state index contributed by atoms with van der Waals surface area (Å²) in [6, 6.07) is 13.6. The molecule has 3 aromatic rings. The van der Waals surface area contributed by atoms with Crippen LogP contribution in [0.4, 0.5) is 10.1 Å². The second-order valence-corrected chi connectivity index (χ2v) is 6.55. The van der Waals surface area contributed by atoms with Crippen LogP contribution in [-0.2, 0) is 6.54 Å². The molecular formula is C21H16ClFN2O3. The van der Waals surface area contributed by atoms with E-state index in [1.807, 2.05) is 0 Å². The number of aromatic nitrogens is 1. The fraction of sp³-hybridized carbons (Fsp3) is 0.0952. The standard InChI is InChI=1S/C21H16ClFN2O3/c1-13(26)14-5-2-6-15(11-14)24-20(27)16-7-4-10-25(21(16)28)12-17-18(22)8-3-9-19(17)23/h2-11H,12H2,1H3,(H,24,27). The molecule has 0 fully saturated rings. The minimum absolute atomic E-state index is 0.106. The Morgan fingerprint density at radius 1 is 1.11 bits per heavy atom. The molecule has 142 valence electrons. The quantitative estimate of drug-likeness (QED) is 0.656. The molecule has 28 heavy (non-hydrogen) atoms. The third-order valence-corrected chi connectivity index (χ3v) is 4.54. The summed E-state index contributed by atoms with van der Waals surface area (Å²) in [6.07, 6.45) is 1.46. The number of rotatable bonds is 5. The number of benzene rings is 2. The lowest BCUT2D eigenvalue weighted by Crippen LogP contribution is -2.29. The molecule has 0 aliphatic rings. The summed E-state index contributed by atoms with van der Waals surface area (Å²) in [6.45, 7) is 1.32. The maximum absolute atomic E-state index is 14.0.